The minimum Gasteiger partial charge on any atom is -0.402 e. The summed E-state index contributed by atoms with van der Waals surface area (Å²) < 4.78 is 9.42. The first kappa shape index (κ1) is 16.0. The zero-order valence-corrected chi connectivity index (χ0v) is 11.9. The zero-order chi connectivity index (χ0) is 12.4. The average Bonchev–Trinajstić information content (AvgIpc) is 2.26. The summed E-state index contributed by atoms with van der Waals surface area (Å²) in [5, 5.41) is 8.87. The van der Waals surface area contributed by atoms with Crippen LogP contribution in [0.15, 0.2) is 30.3 Å². The maximum absolute atomic E-state index is 8.87. The van der Waals surface area contributed by atoms with Crippen molar-refractivity contribution in [3.8, 4) is 0 Å². The highest BCUT2D eigenvalue weighted by Gasteiger charge is 2.11. The molecule has 1 N–H and O–H groups in total. The molecule has 0 saturated carbocycles. The second kappa shape index (κ2) is 10.1. The maximum atomic E-state index is 8.87. The minimum atomic E-state index is -1.19. The summed E-state index contributed by atoms with van der Waals surface area (Å²) in [6.45, 7) is 2.19. The lowest BCUT2D eigenvalue weighted by atomic mass is 10.2. The van der Waals surface area contributed by atoms with Crippen LogP contribution in [0.5, 0.6) is 0 Å². The van der Waals surface area contributed by atoms with Crippen LogP contribution in [-0.4, -0.2) is 26.9 Å². The molecule has 16 heavy (non-hydrogen) atoms. The van der Waals surface area contributed by atoms with Crippen molar-refractivity contribution in [1.29, 1.82) is 0 Å². The third-order valence-corrected chi connectivity index (χ3v) is 1.44. The van der Waals surface area contributed by atoms with Crippen LogP contribution in [0.4, 0.5) is 0 Å². The van der Waals surface area contributed by atoms with Crippen molar-refractivity contribution >= 4 is 36.9 Å². The van der Waals surface area contributed by atoms with Gasteiger partial charge in [-0.05, 0) is 12.1 Å². The van der Waals surface area contributed by atoms with E-state index in [1.165, 1.54) is 7.11 Å². The summed E-state index contributed by atoms with van der Waals surface area (Å²) in [5.74, 6) is 0. The second-order valence-corrected chi connectivity index (χ2v) is 8.49. The molecule has 1 aromatic carbocycles. The molecular formula is C9H15BCl2O3Si. The Bertz CT molecular complexity index is 261. The molecule has 0 bridgehead atoms. The third-order valence-electron chi connectivity index (χ3n) is 1.44. The van der Waals surface area contributed by atoms with Gasteiger partial charge in [0.2, 0.25) is 7.42 Å². The molecule has 0 aliphatic heterocycles. The fraction of sp³-hybridized carbons (Fsp3) is 0.333. The van der Waals surface area contributed by atoms with Gasteiger partial charge in [-0.3, -0.25) is 0 Å². The number of rotatable bonds is 4. The molecule has 0 spiro atoms. The molecule has 0 atom stereocenters. The standard InChI is InChI=1S/C8H11BO3.CH4Cl2Si/c1-11-9(10)12-7-8-5-3-2-4-6-8;1-4(2)3/h2-6,10H,7H2,1H3;4H,1H3. The molecule has 0 aliphatic rings. The first-order chi connectivity index (χ1) is 7.56. The number of hydrogen-bond donors (Lipinski definition) is 1. The van der Waals surface area contributed by atoms with E-state index in [4.69, 9.17) is 31.8 Å². The molecule has 0 unspecified atom stereocenters. The highest BCUT2D eigenvalue weighted by molar-refractivity contribution is 7.33. The quantitative estimate of drug-likeness (QED) is 0.678. The topological polar surface area (TPSA) is 38.7 Å². The molecule has 0 fully saturated rings. The largest absolute Gasteiger partial charge is 0.636 e. The van der Waals surface area contributed by atoms with Crippen LogP contribution >= 0.6 is 22.2 Å². The molecule has 0 radical (unpaired) electrons. The van der Waals surface area contributed by atoms with Crippen molar-refractivity contribution in [1.82, 2.24) is 0 Å². The highest BCUT2D eigenvalue weighted by atomic mass is 35.7. The van der Waals surface area contributed by atoms with Gasteiger partial charge in [0.25, 0.3) is 0 Å². The van der Waals surface area contributed by atoms with Crippen LogP contribution in [0.1, 0.15) is 5.56 Å². The van der Waals surface area contributed by atoms with Gasteiger partial charge in [-0.15, -0.1) is 0 Å². The molecule has 0 aliphatic carbocycles. The van der Waals surface area contributed by atoms with E-state index in [0.717, 1.165) is 5.56 Å². The van der Waals surface area contributed by atoms with E-state index >= 15 is 0 Å². The SMILES string of the molecule is COB(O)OCc1ccccc1.C[SiH](Cl)Cl. The van der Waals surface area contributed by atoms with E-state index < -0.39 is 14.7 Å². The van der Waals surface area contributed by atoms with Gasteiger partial charge in [0.1, 0.15) is 0 Å². The molecule has 7 heteroatoms. The Hall–Kier alpha value is -0.0382. The molecule has 0 saturated heterocycles. The van der Waals surface area contributed by atoms with Crippen LogP contribution in [0.3, 0.4) is 0 Å². The third kappa shape index (κ3) is 10.5. The van der Waals surface area contributed by atoms with E-state index in [9.17, 15) is 0 Å². The normalized spacial score (nSPS) is 9.62. The van der Waals surface area contributed by atoms with Gasteiger partial charge in [0.05, 0.1) is 6.61 Å². The van der Waals surface area contributed by atoms with Crippen molar-refractivity contribution in [2.75, 3.05) is 7.11 Å². The molecular weight excluding hydrogens is 266 g/mol. The molecule has 1 rings (SSSR count). The molecule has 0 amide bonds. The van der Waals surface area contributed by atoms with Gasteiger partial charge in [-0.25, -0.2) is 0 Å². The van der Waals surface area contributed by atoms with Crippen LogP contribution in [0, 0.1) is 0 Å². The van der Waals surface area contributed by atoms with Crippen LogP contribution < -0.4 is 0 Å². The Morgan fingerprint density at radius 3 is 2.25 bits per heavy atom. The van der Waals surface area contributed by atoms with Crippen LogP contribution in [0.25, 0.3) is 0 Å². The number of halogens is 2. The predicted octanol–water partition coefficient (Wildman–Crippen LogP) is 2.14. The predicted molar refractivity (Wildman–Crippen MR) is 70.9 cm³/mol. The van der Waals surface area contributed by atoms with Gasteiger partial charge in [0.15, 0.2) is 0 Å². The Labute approximate surface area is 107 Å². The smallest absolute Gasteiger partial charge is 0.402 e. The van der Waals surface area contributed by atoms with E-state index in [-0.39, 0.29) is 0 Å². The summed E-state index contributed by atoms with van der Waals surface area (Å²) in [5.41, 5.74) is 1.01. The van der Waals surface area contributed by atoms with Gasteiger partial charge >= 0.3 is 7.32 Å². The van der Waals surface area contributed by atoms with Gasteiger partial charge in [-0.2, -0.15) is 22.2 Å². The van der Waals surface area contributed by atoms with Crippen molar-refractivity contribution in [2.45, 2.75) is 13.2 Å². The zero-order valence-electron chi connectivity index (χ0n) is 9.27. The lowest BCUT2D eigenvalue weighted by Gasteiger charge is -2.04. The van der Waals surface area contributed by atoms with E-state index in [0.29, 0.717) is 6.61 Å². The van der Waals surface area contributed by atoms with Crippen LogP contribution in [-0.2, 0) is 15.9 Å². The summed E-state index contributed by atoms with van der Waals surface area (Å²) in [6, 6.07) is 9.59. The fourth-order valence-electron chi connectivity index (χ4n) is 0.810. The number of hydrogen-bond acceptors (Lipinski definition) is 3. The summed E-state index contributed by atoms with van der Waals surface area (Å²) in [7, 11) is -0.944. The lowest BCUT2D eigenvalue weighted by molar-refractivity contribution is 0.151. The van der Waals surface area contributed by atoms with Crippen molar-refractivity contribution in [2.24, 2.45) is 0 Å². The molecule has 3 nitrogen and oxygen atoms in total. The second-order valence-electron chi connectivity index (χ2n) is 2.86. The first-order valence-electron chi connectivity index (χ1n) is 4.70. The van der Waals surface area contributed by atoms with E-state index in [1.54, 1.807) is 0 Å². The summed E-state index contributed by atoms with van der Waals surface area (Å²) in [4.78, 5) is 0. The summed E-state index contributed by atoms with van der Waals surface area (Å²) >= 11 is 10.4. The van der Waals surface area contributed by atoms with Gasteiger partial charge in [0, 0.05) is 7.11 Å². The van der Waals surface area contributed by atoms with Crippen LogP contribution in [0.2, 0.25) is 6.55 Å². The van der Waals surface area contributed by atoms with Crippen molar-refractivity contribution in [3.05, 3.63) is 35.9 Å². The maximum Gasteiger partial charge on any atom is 0.636 e. The van der Waals surface area contributed by atoms with Gasteiger partial charge < -0.3 is 14.3 Å². The minimum absolute atomic E-state index is 0.357. The summed E-state index contributed by atoms with van der Waals surface area (Å²) in [6.07, 6.45) is 0. The highest BCUT2D eigenvalue weighted by Crippen LogP contribution is 2.00. The monoisotopic (exact) mass is 280 g/mol. The first-order valence-corrected chi connectivity index (χ1v) is 9.35. The van der Waals surface area contributed by atoms with E-state index in [2.05, 4.69) is 4.65 Å². The fourth-order valence-corrected chi connectivity index (χ4v) is 0.810. The molecule has 0 heterocycles. The molecule has 1 aromatic rings. The Kier molecular flexibility index (Phi) is 10.1. The molecule has 0 aromatic heterocycles. The Morgan fingerprint density at radius 1 is 1.31 bits per heavy atom. The van der Waals surface area contributed by atoms with Crippen molar-refractivity contribution < 1.29 is 14.3 Å². The van der Waals surface area contributed by atoms with E-state index in [1.807, 2.05) is 36.9 Å². The Balaban J connectivity index is 0.000000487. The van der Waals surface area contributed by atoms with Crippen molar-refractivity contribution in [3.63, 3.8) is 0 Å². The average molecular weight is 281 g/mol. The lowest BCUT2D eigenvalue weighted by Crippen LogP contribution is -2.20. The molecule has 90 valence electrons. The van der Waals surface area contributed by atoms with Gasteiger partial charge in [-0.1, -0.05) is 30.3 Å². The Morgan fingerprint density at radius 2 is 1.81 bits per heavy atom. The number of benzene rings is 1.